The van der Waals surface area contributed by atoms with Crippen LogP contribution in [0.4, 0.5) is 0 Å². The summed E-state index contributed by atoms with van der Waals surface area (Å²) in [6.45, 7) is -0.302. The van der Waals surface area contributed by atoms with Crippen molar-refractivity contribution in [1.82, 2.24) is 9.13 Å². The Labute approximate surface area is 103 Å². The summed E-state index contributed by atoms with van der Waals surface area (Å²) in [5.41, 5.74) is -0.538. The molecule has 7 nitrogen and oxygen atoms in total. The summed E-state index contributed by atoms with van der Waals surface area (Å²) in [7, 11) is 2.93. The number of hydrogen-bond acceptors (Lipinski definition) is 5. The summed E-state index contributed by atoms with van der Waals surface area (Å²) in [6.07, 6.45) is -0.429. The molecular formula is C11H16N2O5. The third-order valence-electron chi connectivity index (χ3n) is 3.22. The van der Waals surface area contributed by atoms with Crippen molar-refractivity contribution in [2.75, 3.05) is 6.61 Å². The lowest BCUT2D eigenvalue weighted by Gasteiger charge is -2.13. The second-order valence-corrected chi connectivity index (χ2v) is 4.49. The van der Waals surface area contributed by atoms with Crippen molar-refractivity contribution in [3.63, 3.8) is 0 Å². The van der Waals surface area contributed by atoms with E-state index in [0.717, 1.165) is 4.57 Å². The fraction of sp³-hybridized carbons (Fsp3) is 0.636. The van der Waals surface area contributed by atoms with Gasteiger partial charge >= 0.3 is 5.69 Å². The highest BCUT2D eigenvalue weighted by Crippen LogP contribution is 2.30. The lowest BCUT2D eigenvalue weighted by atomic mass is 10.1. The molecule has 0 unspecified atom stereocenters. The van der Waals surface area contributed by atoms with Gasteiger partial charge in [-0.15, -0.1) is 0 Å². The molecule has 0 aromatic carbocycles. The number of aryl methyl sites for hydroxylation is 1. The number of aliphatic hydroxyl groups is 2. The topological polar surface area (TPSA) is 93.7 Å². The average molecular weight is 256 g/mol. The van der Waals surface area contributed by atoms with E-state index in [1.54, 1.807) is 7.05 Å². The molecule has 0 aliphatic carbocycles. The van der Waals surface area contributed by atoms with Crippen molar-refractivity contribution in [2.24, 2.45) is 14.1 Å². The molecule has 18 heavy (non-hydrogen) atoms. The van der Waals surface area contributed by atoms with Crippen LogP contribution in [0, 0.1) is 0 Å². The van der Waals surface area contributed by atoms with Crippen LogP contribution in [-0.2, 0) is 18.8 Å². The Bertz CT molecular complexity index is 562. The Kier molecular flexibility index (Phi) is 3.38. The third-order valence-corrected chi connectivity index (χ3v) is 3.22. The standard InChI is InChI=1S/C11H16N2O5/c1-12-4-6(10(16)13(2)11(12)17)8-3-7(15)9(5-14)18-8/h4,7-9,14-15H,3,5H2,1-2H3/t7-,8-,9-/m1/s1. The van der Waals surface area contributed by atoms with Gasteiger partial charge in [0.2, 0.25) is 0 Å². The van der Waals surface area contributed by atoms with Crippen LogP contribution in [0.5, 0.6) is 0 Å². The highest BCUT2D eigenvalue weighted by Gasteiger charge is 2.36. The Morgan fingerprint density at radius 2 is 2.11 bits per heavy atom. The molecule has 0 radical (unpaired) electrons. The molecule has 2 N–H and O–H groups in total. The number of aliphatic hydroxyl groups excluding tert-OH is 2. The van der Waals surface area contributed by atoms with Crippen LogP contribution in [0.2, 0.25) is 0 Å². The largest absolute Gasteiger partial charge is 0.394 e. The van der Waals surface area contributed by atoms with E-state index in [2.05, 4.69) is 0 Å². The van der Waals surface area contributed by atoms with Gasteiger partial charge in [-0.1, -0.05) is 0 Å². The molecule has 0 amide bonds. The monoisotopic (exact) mass is 256 g/mol. The maximum atomic E-state index is 12.0. The second kappa shape index (κ2) is 4.68. The van der Waals surface area contributed by atoms with Crippen LogP contribution in [0.1, 0.15) is 18.1 Å². The van der Waals surface area contributed by atoms with Crippen molar-refractivity contribution < 1.29 is 14.9 Å². The first kappa shape index (κ1) is 13.0. The summed E-state index contributed by atoms with van der Waals surface area (Å²) in [4.78, 5) is 23.5. The normalized spacial score (nSPS) is 27.7. The number of rotatable bonds is 2. The fourth-order valence-corrected chi connectivity index (χ4v) is 2.15. The average Bonchev–Trinajstić information content (AvgIpc) is 2.72. The van der Waals surface area contributed by atoms with Crippen LogP contribution in [-0.4, -0.2) is 38.2 Å². The van der Waals surface area contributed by atoms with Gasteiger partial charge in [0.05, 0.1) is 24.4 Å². The summed E-state index contributed by atoms with van der Waals surface area (Å²) in [6, 6.07) is 0. The molecule has 3 atom stereocenters. The molecule has 0 bridgehead atoms. The molecule has 1 aromatic rings. The predicted molar refractivity (Wildman–Crippen MR) is 62.2 cm³/mol. The van der Waals surface area contributed by atoms with E-state index in [-0.39, 0.29) is 13.0 Å². The van der Waals surface area contributed by atoms with Gasteiger partial charge in [0.25, 0.3) is 5.56 Å². The first-order valence-electron chi connectivity index (χ1n) is 5.66. The molecule has 7 heteroatoms. The molecular weight excluding hydrogens is 240 g/mol. The minimum Gasteiger partial charge on any atom is -0.394 e. The van der Waals surface area contributed by atoms with E-state index in [1.165, 1.54) is 17.8 Å². The van der Waals surface area contributed by atoms with Gasteiger partial charge in [0, 0.05) is 26.7 Å². The molecule has 100 valence electrons. The van der Waals surface area contributed by atoms with Gasteiger partial charge in [-0.05, 0) is 0 Å². The third kappa shape index (κ3) is 2.00. The first-order valence-corrected chi connectivity index (χ1v) is 5.66. The zero-order valence-electron chi connectivity index (χ0n) is 10.2. The zero-order chi connectivity index (χ0) is 13.4. The van der Waals surface area contributed by atoms with Crippen molar-refractivity contribution in [3.05, 3.63) is 32.6 Å². The minimum atomic E-state index is -0.804. The van der Waals surface area contributed by atoms with Gasteiger partial charge in [0.15, 0.2) is 0 Å². The lowest BCUT2D eigenvalue weighted by Crippen LogP contribution is -2.39. The maximum absolute atomic E-state index is 12.0. The Morgan fingerprint density at radius 1 is 1.44 bits per heavy atom. The van der Waals surface area contributed by atoms with Crippen LogP contribution >= 0.6 is 0 Å². The van der Waals surface area contributed by atoms with Crippen molar-refractivity contribution in [2.45, 2.75) is 24.7 Å². The quantitative estimate of drug-likeness (QED) is 0.655. The summed E-state index contributed by atoms with van der Waals surface area (Å²) in [5, 5.41) is 18.6. The van der Waals surface area contributed by atoms with Crippen molar-refractivity contribution >= 4 is 0 Å². The predicted octanol–water partition coefficient (Wildman–Crippen LogP) is -1.73. The summed E-state index contributed by atoms with van der Waals surface area (Å²) in [5.74, 6) is 0. The maximum Gasteiger partial charge on any atom is 0.330 e. The molecule has 2 rings (SSSR count). The van der Waals surface area contributed by atoms with E-state index in [0.29, 0.717) is 5.56 Å². The molecule has 2 heterocycles. The molecule has 1 aliphatic rings. The number of hydrogen-bond donors (Lipinski definition) is 2. The lowest BCUT2D eigenvalue weighted by molar-refractivity contribution is -0.0231. The SMILES string of the molecule is Cn1cc([C@H]2C[C@@H](O)[C@@H](CO)O2)c(=O)n(C)c1=O. The molecule has 1 aliphatic heterocycles. The number of nitrogens with zero attached hydrogens (tertiary/aromatic N) is 2. The smallest absolute Gasteiger partial charge is 0.330 e. The highest BCUT2D eigenvalue weighted by atomic mass is 16.5. The molecule has 0 spiro atoms. The van der Waals surface area contributed by atoms with Crippen molar-refractivity contribution in [1.29, 1.82) is 0 Å². The van der Waals surface area contributed by atoms with Crippen LogP contribution in [0.3, 0.4) is 0 Å². The fourth-order valence-electron chi connectivity index (χ4n) is 2.15. The van der Waals surface area contributed by atoms with E-state index < -0.39 is 29.6 Å². The summed E-state index contributed by atoms with van der Waals surface area (Å²) < 4.78 is 7.70. The van der Waals surface area contributed by atoms with Gasteiger partial charge in [0.1, 0.15) is 6.10 Å². The first-order chi connectivity index (χ1) is 8.45. The van der Waals surface area contributed by atoms with Crippen LogP contribution in [0.15, 0.2) is 15.8 Å². The van der Waals surface area contributed by atoms with Gasteiger partial charge in [-0.25, -0.2) is 4.79 Å². The summed E-state index contributed by atoms with van der Waals surface area (Å²) >= 11 is 0. The van der Waals surface area contributed by atoms with Gasteiger partial charge in [-0.3, -0.25) is 9.36 Å². The zero-order valence-corrected chi connectivity index (χ0v) is 10.2. The minimum absolute atomic E-state index is 0.235. The van der Waals surface area contributed by atoms with Crippen LogP contribution in [0.25, 0.3) is 0 Å². The Morgan fingerprint density at radius 3 is 2.67 bits per heavy atom. The Balaban J connectivity index is 2.42. The van der Waals surface area contributed by atoms with Gasteiger partial charge < -0.3 is 19.5 Å². The van der Waals surface area contributed by atoms with E-state index in [9.17, 15) is 14.7 Å². The van der Waals surface area contributed by atoms with Crippen LogP contribution < -0.4 is 11.2 Å². The van der Waals surface area contributed by atoms with E-state index in [4.69, 9.17) is 9.84 Å². The number of ether oxygens (including phenoxy) is 1. The second-order valence-electron chi connectivity index (χ2n) is 4.49. The number of aromatic nitrogens is 2. The molecule has 0 saturated carbocycles. The Hall–Kier alpha value is -1.44. The van der Waals surface area contributed by atoms with Gasteiger partial charge in [-0.2, -0.15) is 0 Å². The van der Waals surface area contributed by atoms with E-state index in [1.807, 2.05) is 0 Å². The van der Waals surface area contributed by atoms with Crippen molar-refractivity contribution in [3.8, 4) is 0 Å². The molecule has 1 fully saturated rings. The molecule has 1 aromatic heterocycles. The van der Waals surface area contributed by atoms with E-state index >= 15 is 0 Å². The highest BCUT2D eigenvalue weighted by molar-refractivity contribution is 5.12. The molecule has 1 saturated heterocycles.